The molecule has 7 nitrogen and oxygen atoms in total. The highest BCUT2D eigenvalue weighted by atomic mass is 32.2. The van der Waals surface area contributed by atoms with Gasteiger partial charge >= 0.3 is 0 Å². The van der Waals surface area contributed by atoms with Gasteiger partial charge in [0.25, 0.3) is 0 Å². The van der Waals surface area contributed by atoms with Crippen LogP contribution in [0.25, 0.3) is 0 Å². The molecule has 0 radical (unpaired) electrons. The number of benzene rings is 3. The molecule has 8 heteroatoms. The molecule has 0 aliphatic carbocycles. The molecular weight excluding hydrogens is 510 g/mol. The summed E-state index contributed by atoms with van der Waals surface area (Å²) >= 11 is 0. The van der Waals surface area contributed by atoms with Crippen LogP contribution in [0.15, 0.2) is 72.8 Å². The summed E-state index contributed by atoms with van der Waals surface area (Å²) in [7, 11) is -3.80. The van der Waals surface area contributed by atoms with E-state index < -0.39 is 28.5 Å². The molecule has 0 saturated carbocycles. The Morgan fingerprint density at radius 2 is 1.54 bits per heavy atom. The zero-order valence-electron chi connectivity index (χ0n) is 23.5. The molecule has 39 heavy (non-hydrogen) atoms. The molecule has 3 aromatic carbocycles. The van der Waals surface area contributed by atoms with Crippen molar-refractivity contribution in [3.63, 3.8) is 0 Å². The van der Waals surface area contributed by atoms with Gasteiger partial charge in [0.05, 0.1) is 11.9 Å². The Balaban J connectivity index is 2.06. The third-order valence-corrected chi connectivity index (χ3v) is 7.68. The normalized spacial score (nSPS) is 12.0. The van der Waals surface area contributed by atoms with Crippen LogP contribution in [-0.4, -0.2) is 50.5 Å². The first-order valence-electron chi connectivity index (χ1n) is 13.2. The van der Waals surface area contributed by atoms with E-state index in [-0.39, 0.29) is 12.5 Å². The number of carbonyl (C=O) groups excluding carboxylic acids is 2. The highest BCUT2D eigenvalue weighted by Crippen LogP contribution is 2.25. The molecule has 3 rings (SSSR count). The molecule has 1 N–H and O–H groups in total. The molecule has 0 heterocycles. The standard InChI is InChI=1S/C31H39N3O4S/c1-6-17-32-31(36)29(20-26-12-8-7-9-13-26)33(21-27-14-10-11-23(2)19-27)30(35)22-34(39(5,37)38)28-16-15-24(3)18-25(28)4/h7-16,18-19,29H,6,17,20-22H2,1-5H3,(H,32,36). The van der Waals surface area contributed by atoms with Crippen LogP contribution in [0.2, 0.25) is 0 Å². The second-order valence-corrected chi connectivity index (χ2v) is 12.0. The number of sulfonamides is 1. The van der Waals surface area contributed by atoms with Gasteiger partial charge in [0.1, 0.15) is 12.6 Å². The Morgan fingerprint density at radius 3 is 2.15 bits per heavy atom. The van der Waals surface area contributed by atoms with Crippen LogP contribution < -0.4 is 9.62 Å². The van der Waals surface area contributed by atoms with Gasteiger partial charge < -0.3 is 10.2 Å². The summed E-state index contributed by atoms with van der Waals surface area (Å²) in [6.45, 7) is 7.93. The van der Waals surface area contributed by atoms with E-state index in [2.05, 4.69) is 5.32 Å². The minimum atomic E-state index is -3.80. The predicted octanol–water partition coefficient (Wildman–Crippen LogP) is 4.54. The Kier molecular flexibility index (Phi) is 10.3. The monoisotopic (exact) mass is 549 g/mol. The number of anilines is 1. The molecule has 0 aliphatic heterocycles. The average molecular weight is 550 g/mol. The minimum Gasteiger partial charge on any atom is -0.354 e. The summed E-state index contributed by atoms with van der Waals surface area (Å²) in [5.41, 5.74) is 4.99. The lowest BCUT2D eigenvalue weighted by molar-refractivity contribution is -0.140. The summed E-state index contributed by atoms with van der Waals surface area (Å²) in [6.07, 6.45) is 2.15. The fraction of sp³-hybridized carbons (Fsp3) is 0.355. The first kappa shape index (κ1) is 29.9. The van der Waals surface area contributed by atoms with Gasteiger partial charge in [-0.1, -0.05) is 84.8 Å². The largest absolute Gasteiger partial charge is 0.354 e. The van der Waals surface area contributed by atoms with Crippen LogP contribution in [0.3, 0.4) is 0 Å². The van der Waals surface area contributed by atoms with Gasteiger partial charge in [-0.25, -0.2) is 8.42 Å². The maximum Gasteiger partial charge on any atom is 0.244 e. The highest BCUT2D eigenvalue weighted by Gasteiger charge is 2.33. The maximum absolute atomic E-state index is 14.1. The second-order valence-electron chi connectivity index (χ2n) is 10.1. The van der Waals surface area contributed by atoms with Crippen LogP contribution >= 0.6 is 0 Å². The maximum atomic E-state index is 14.1. The SMILES string of the molecule is CCCNC(=O)C(Cc1ccccc1)N(Cc1cccc(C)c1)C(=O)CN(c1ccc(C)cc1C)S(C)(=O)=O. The van der Waals surface area contributed by atoms with Crippen LogP contribution in [0.5, 0.6) is 0 Å². The number of hydrogen-bond donors (Lipinski definition) is 1. The van der Waals surface area contributed by atoms with E-state index >= 15 is 0 Å². The molecule has 0 spiro atoms. The summed E-state index contributed by atoms with van der Waals surface area (Å²) in [5, 5.41) is 2.95. The van der Waals surface area contributed by atoms with Crippen molar-refractivity contribution < 1.29 is 18.0 Å². The van der Waals surface area contributed by atoms with Crippen LogP contribution in [0.1, 0.15) is 41.2 Å². The zero-order valence-corrected chi connectivity index (χ0v) is 24.3. The lowest BCUT2D eigenvalue weighted by Gasteiger charge is -2.34. The molecular formula is C31H39N3O4S. The van der Waals surface area contributed by atoms with Crippen LogP contribution in [-0.2, 0) is 32.6 Å². The molecule has 1 unspecified atom stereocenters. The van der Waals surface area contributed by atoms with Crippen LogP contribution in [0, 0.1) is 20.8 Å². The molecule has 208 valence electrons. The molecule has 3 aromatic rings. The van der Waals surface area contributed by atoms with Crippen molar-refractivity contribution in [2.45, 2.75) is 53.1 Å². The number of rotatable bonds is 12. The summed E-state index contributed by atoms with van der Waals surface area (Å²) in [4.78, 5) is 29.1. The van der Waals surface area contributed by atoms with E-state index in [1.165, 1.54) is 4.90 Å². The van der Waals surface area contributed by atoms with Gasteiger partial charge in [0.2, 0.25) is 21.8 Å². The Labute approximate surface area is 232 Å². The third-order valence-electron chi connectivity index (χ3n) is 6.56. The number of nitrogens with zero attached hydrogens (tertiary/aromatic N) is 2. The second kappa shape index (κ2) is 13.4. The first-order valence-corrected chi connectivity index (χ1v) is 15.1. The van der Waals surface area contributed by atoms with E-state index in [4.69, 9.17) is 0 Å². The summed E-state index contributed by atoms with van der Waals surface area (Å²) in [5.74, 6) is -0.714. The van der Waals surface area contributed by atoms with Crippen molar-refractivity contribution in [2.24, 2.45) is 0 Å². The Morgan fingerprint density at radius 1 is 0.872 bits per heavy atom. The van der Waals surface area contributed by atoms with Crippen molar-refractivity contribution in [1.82, 2.24) is 10.2 Å². The third kappa shape index (κ3) is 8.42. The molecule has 0 aliphatic rings. The van der Waals surface area contributed by atoms with E-state index in [1.54, 1.807) is 6.07 Å². The van der Waals surface area contributed by atoms with E-state index in [9.17, 15) is 18.0 Å². The average Bonchev–Trinajstić information content (AvgIpc) is 2.88. The topological polar surface area (TPSA) is 86.8 Å². The lowest BCUT2D eigenvalue weighted by Crippen LogP contribution is -2.53. The smallest absolute Gasteiger partial charge is 0.244 e. The zero-order chi connectivity index (χ0) is 28.6. The van der Waals surface area contributed by atoms with Gasteiger partial charge in [0, 0.05) is 19.5 Å². The number of aryl methyl sites for hydroxylation is 3. The molecule has 1 atom stereocenters. The molecule has 0 saturated heterocycles. The van der Waals surface area contributed by atoms with E-state index in [0.29, 0.717) is 18.7 Å². The minimum absolute atomic E-state index is 0.169. The van der Waals surface area contributed by atoms with Gasteiger partial charge in [0.15, 0.2) is 0 Å². The van der Waals surface area contributed by atoms with Gasteiger partial charge in [-0.05, 0) is 49.9 Å². The van der Waals surface area contributed by atoms with Crippen LogP contribution in [0.4, 0.5) is 5.69 Å². The molecule has 0 aromatic heterocycles. The number of hydrogen-bond acceptors (Lipinski definition) is 4. The Bertz CT molecular complexity index is 1390. The molecule has 2 amide bonds. The number of amides is 2. The highest BCUT2D eigenvalue weighted by molar-refractivity contribution is 7.92. The van der Waals surface area contributed by atoms with E-state index in [1.807, 2.05) is 94.4 Å². The quantitative estimate of drug-likeness (QED) is 0.359. The summed E-state index contributed by atoms with van der Waals surface area (Å²) < 4.78 is 27.0. The molecule has 0 bridgehead atoms. The predicted molar refractivity (Wildman–Crippen MR) is 157 cm³/mol. The van der Waals surface area contributed by atoms with Gasteiger partial charge in [-0.15, -0.1) is 0 Å². The first-order chi connectivity index (χ1) is 18.5. The van der Waals surface area contributed by atoms with Gasteiger partial charge in [-0.2, -0.15) is 0 Å². The van der Waals surface area contributed by atoms with Gasteiger partial charge in [-0.3, -0.25) is 13.9 Å². The summed E-state index contributed by atoms with van der Waals surface area (Å²) in [6, 6.07) is 21.9. The van der Waals surface area contributed by atoms with Crippen molar-refractivity contribution in [2.75, 3.05) is 23.7 Å². The van der Waals surface area contributed by atoms with Crippen molar-refractivity contribution >= 4 is 27.5 Å². The number of nitrogens with one attached hydrogen (secondary N) is 1. The number of carbonyl (C=O) groups is 2. The Hall–Kier alpha value is -3.65. The lowest BCUT2D eigenvalue weighted by atomic mass is 10.0. The molecule has 0 fully saturated rings. The van der Waals surface area contributed by atoms with Crippen molar-refractivity contribution in [1.29, 1.82) is 0 Å². The van der Waals surface area contributed by atoms with E-state index in [0.717, 1.165) is 44.8 Å². The van der Waals surface area contributed by atoms with Crippen molar-refractivity contribution in [3.8, 4) is 0 Å². The van der Waals surface area contributed by atoms with Crippen molar-refractivity contribution in [3.05, 3.63) is 101 Å². The fourth-order valence-electron chi connectivity index (χ4n) is 4.61. The fourth-order valence-corrected chi connectivity index (χ4v) is 5.51.